The van der Waals surface area contributed by atoms with Gasteiger partial charge >= 0.3 is 5.97 Å². The molecule has 1 N–H and O–H groups in total. The summed E-state index contributed by atoms with van der Waals surface area (Å²) in [5, 5.41) is 6.91. The minimum Gasteiger partial charge on any atom is -0.461 e. The molecule has 1 aromatic heterocycles. The van der Waals surface area contributed by atoms with Crippen LogP contribution in [0.3, 0.4) is 0 Å². The second-order valence-electron chi connectivity index (χ2n) is 3.62. The summed E-state index contributed by atoms with van der Waals surface area (Å²) in [5.74, 6) is 0.113. The van der Waals surface area contributed by atoms with Crippen molar-refractivity contribution in [2.24, 2.45) is 0 Å². The van der Waals surface area contributed by atoms with Gasteiger partial charge in [0, 0.05) is 11.3 Å². The standard InChI is InChI=1S/C10H14N2O2/c1-3-14-10(13)9-8-6(2)4-5-7(8)11-12-9/h6H,3-5H2,1-2H3,(H,11,12)/t6-/m1/s1. The first kappa shape index (κ1) is 9.24. The molecule has 1 aliphatic rings. The fourth-order valence-electron chi connectivity index (χ4n) is 1.97. The van der Waals surface area contributed by atoms with Gasteiger partial charge < -0.3 is 4.74 Å². The largest absolute Gasteiger partial charge is 0.461 e. The zero-order valence-electron chi connectivity index (χ0n) is 8.46. The number of carbonyl (C=O) groups is 1. The van der Waals surface area contributed by atoms with Gasteiger partial charge in [-0.15, -0.1) is 0 Å². The van der Waals surface area contributed by atoms with Gasteiger partial charge in [-0.25, -0.2) is 4.79 Å². The Balaban J connectivity index is 2.31. The Hall–Kier alpha value is -1.32. The van der Waals surface area contributed by atoms with Gasteiger partial charge in [-0.3, -0.25) is 5.10 Å². The second kappa shape index (κ2) is 3.44. The van der Waals surface area contributed by atoms with E-state index in [1.807, 2.05) is 0 Å². The zero-order valence-corrected chi connectivity index (χ0v) is 8.46. The molecule has 0 radical (unpaired) electrons. The first-order chi connectivity index (χ1) is 6.74. The molecule has 0 aromatic carbocycles. The van der Waals surface area contributed by atoms with Crippen LogP contribution in [0, 0.1) is 0 Å². The molecule has 1 aromatic rings. The van der Waals surface area contributed by atoms with E-state index in [2.05, 4.69) is 17.1 Å². The third-order valence-corrected chi connectivity index (χ3v) is 2.67. The van der Waals surface area contributed by atoms with E-state index in [0.29, 0.717) is 18.2 Å². The molecule has 1 atom stereocenters. The number of nitrogens with one attached hydrogen (secondary N) is 1. The number of esters is 1. The van der Waals surface area contributed by atoms with Crippen LogP contribution in [0.25, 0.3) is 0 Å². The highest BCUT2D eigenvalue weighted by Gasteiger charge is 2.28. The topological polar surface area (TPSA) is 55.0 Å². The molecule has 4 heteroatoms. The molecule has 0 bridgehead atoms. The summed E-state index contributed by atoms with van der Waals surface area (Å²) in [6.45, 7) is 4.31. The predicted octanol–water partition coefficient (Wildman–Crippen LogP) is 1.64. The van der Waals surface area contributed by atoms with Gasteiger partial charge in [0.1, 0.15) is 0 Å². The lowest BCUT2D eigenvalue weighted by atomic mass is 10.0. The van der Waals surface area contributed by atoms with Crippen molar-refractivity contribution in [1.82, 2.24) is 10.2 Å². The highest BCUT2D eigenvalue weighted by atomic mass is 16.5. The van der Waals surface area contributed by atoms with Crippen LogP contribution in [-0.2, 0) is 11.2 Å². The van der Waals surface area contributed by atoms with Crippen molar-refractivity contribution in [1.29, 1.82) is 0 Å². The summed E-state index contributed by atoms with van der Waals surface area (Å²) in [6.07, 6.45) is 2.08. The van der Waals surface area contributed by atoms with Crippen LogP contribution in [0.2, 0.25) is 0 Å². The monoisotopic (exact) mass is 194 g/mol. The maximum absolute atomic E-state index is 11.5. The lowest BCUT2D eigenvalue weighted by Crippen LogP contribution is -2.08. The molecule has 1 heterocycles. The minimum atomic E-state index is -0.307. The van der Waals surface area contributed by atoms with Gasteiger partial charge in [-0.05, 0) is 25.7 Å². The van der Waals surface area contributed by atoms with Gasteiger partial charge in [0.25, 0.3) is 0 Å². The number of hydrogen-bond acceptors (Lipinski definition) is 3. The number of ether oxygens (including phenoxy) is 1. The molecule has 0 saturated carbocycles. The van der Waals surface area contributed by atoms with Crippen LogP contribution >= 0.6 is 0 Å². The third kappa shape index (κ3) is 1.31. The summed E-state index contributed by atoms with van der Waals surface area (Å²) in [5.41, 5.74) is 2.64. The molecule has 14 heavy (non-hydrogen) atoms. The Bertz CT molecular complexity index is 357. The quantitative estimate of drug-likeness (QED) is 0.728. The number of carbonyl (C=O) groups excluding carboxylic acids is 1. The maximum atomic E-state index is 11.5. The second-order valence-corrected chi connectivity index (χ2v) is 3.62. The molecule has 0 spiro atoms. The van der Waals surface area contributed by atoms with Gasteiger partial charge in [0.05, 0.1) is 6.61 Å². The van der Waals surface area contributed by atoms with Crippen LogP contribution in [-0.4, -0.2) is 22.8 Å². The summed E-state index contributed by atoms with van der Waals surface area (Å²) < 4.78 is 4.94. The number of nitrogens with zero attached hydrogens (tertiary/aromatic N) is 1. The van der Waals surface area contributed by atoms with E-state index in [1.165, 1.54) is 0 Å². The van der Waals surface area contributed by atoms with Gasteiger partial charge in [-0.1, -0.05) is 6.92 Å². The number of aryl methyl sites for hydroxylation is 1. The van der Waals surface area contributed by atoms with E-state index >= 15 is 0 Å². The van der Waals surface area contributed by atoms with E-state index in [1.54, 1.807) is 6.92 Å². The van der Waals surface area contributed by atoms with Crippen molar-refractivity contribution in [3.05, 3.63) is 17.0 Å². The molecular weight excluding hydrogens is 180 g/mol. The summed E-state index contributed by atoms with van der Waals surface area (Å²) in [4.78, 5) is 11.5. The van der Waals surface area contributed by atoms with E-state index in [9.17, 15) is 4.79 Å². The highest BCUT2D eigenvalue weighted by molar-refractivity contribution is 5.89. The molecule has 0 amide bonds. The maximum Gasteiger partial charge on any atom is 0.359 e. The van der Waals surface area contributed by atoms with Crippen LogP contribution in [0.15, 0.2) is 0 Å². The van der Waals surface area contributed by atoms with E-state index in [-0.39, 0.29) is 5.97 Å². The fraction of sp³-hybridized carbons (Fsp3) is 0.600. The SMILES string of the molecule is CCOC(=O)c1n[nH]c2c1[C@H](C)CC2. The minimum absolute atomic E-state index is 0.307. The molecule has 0 aliphatic heterocycles. The molecule has 2 rings (SSSR count). The highest BCUT2D eigenvalue weighted by Crippen LogP contribution is 2.33. The summed E-state index contributed by atoms with van der Waals surface area (Å²) in [6, 6.07) is 0. The first-order valence-corrected chi connectivity index (χ1v) is 4.98. The lowest BCUT2D eigenvalue weighted by molar-refractivity contribution is 0.0517. The third-order valence-electron chi connectivity index (χ3n) is 2.67. The first-order valence-electron chi connectivity index (χ1n) is 4.98. The number of aromatic amines is 1. The molecule has 1 aliphatic carbocycles. The molecule has 76 valence electrons. The van der Waals surface area contributed by atoms with E-state index in [4.69, 9.17) is 4.74 Å². The van der Waals surface area contributed by atoms with Crippen molar-refractivity contribution in [3.63, 3.8) is 0 Å². The summed E-state index contributed by atoms with van der Waals surface area (Å²) >= 11 is 0. The van der Waals surface area contributed by atoms with Crippen LogP contribution in [0.4, 0.5) is 0 Å². The average molecular weight is 194 g/mol. The normalized spacial score (nSPS) is 19.4. The Kier molecular flexibility index (Phi) is 2.27. The van der Waals surface area contributed by atoms with Crippen molar-refractivity contribution in [2.75, 3.05) is 6.61 Å². The fourth-order valence-corrected chi connectivity index (χ4v) is 1.97. The van der Waals surface area contributed by atoms with Gasteiger partial charge in [0.2, 0.25) is 0 Å². The van der Waals surface area contributed by atoms with Crippen LogP contribution < -0.4 is 0 Å². The molecular formula is C10H14N2O2. The number of H-pyrrole nitrogens is 1. The van der Waals surface area contributed by atoms with E-state index < -0.39 is 0 Å². The Labute approximate surface area is 82.7 Å². The number of hydrogen-bond donors (Lipinski definition) is 1. The van der Waals surface area contributed by atoms with E-state index in [0.717, 1.165) is 24.1 Å². The Morgan fingerprint density at radius 2 is 2.50 bits per heavy atom. The predicted molar refractivity (Wildman–Crippen MR) is 51.3 cm³/mol. The lowest BCUT2D eigenvalue weighted by Gasteiger charge is -2.03. The molecule has 0 fully saturated rings. The Morgan fingerprint density at radius 1 is 1.71 bits per heavy atom. The number of aromatic nitrogens is 2. The van der Waals surface area contributed by atoms with Crippen molar-refractivity contribution in [2.45, 2.75) is 32.6 Å². The summed E-state index contributed by atoms with van der Waals surface area (Å²) in [7, 11) is 0. The smallest absolute Gasteiger partial charge is 0.359 e. The average Bonchev–Trinajstić information content (AvgIpc) is 2.70. The zero-order chi connectivity index (χ0) is 10.1. The van der Waals surface area contributed by atoms with Gasteiger partial charge in [0.15, 0.2) is 5.69 Å². The number of fused-ring (bicyclic) bond motifs is 1. The Morgan fingerprint density at radius 3 is 3.21 bits per heavy atom. The van der Waals surface area contributed by atoms with Crippen molar-refractivity contribution >= 4 is 5.97 Å². The van der Waals surface area contributed by atoms with Crippen molar-refractivity contribution in [3.8, 4) is 0 Å². The molecule has 0 unspecified atom stereocenters. The van der Waals surface area contributed by atoms with Crippen LogP contribution in [0.1, 0.15) is 47.9 Å². The molecule has 0 saturated heterocycles. The molecule has 4 nitrogen and oxygen atoms in total. The van der Waals surface area contributed by atoms with Crippen molar-refractivity contribution < 1.29 is 9.53 Å². The number of rotatable bonds is 2. The van der Waals surface area contributed by atoms with Gasteiger partial charge in [-0.2, -0.15) is 5.10 Å². The van der Waals surface area contributed by atoms with Crippen LogP contribution in [0.5, 0.6) is 0 Å².